The largest absolute Gasteiger partial charge is 0.416 e. The lowest BCUT2D eigenvalue weighted by molar-refractivity contribution is -0.137. The van der Waals surface area contributed by atoms with Gasteiger partial charge in [0.15, 0.2) is 6.29 Å². The van der Waals surface area contributed by atoms with Gasteiger partial charge in [-0.05, 0) is 29.7 Å². The van der Waals surface area contributed by atoms with Crippen LogP contribution < -0.4 is 0 Å². The number of carbonyl (C=O) groups is 1. The molecule has 0 saturated heterocycles. The van der Waals surface area contributed by atoms with Gasteiger partial charge in [-0.15, -0.1) is 0 Å². The lowest BCUT2D eigenvalue weighted by Crippen LogP contribution is -2.04. The number of aromatic nitrogens is 1. The number of hydrogen-bond acceptors (Lipinski definition) is 1. The molecule has 2 aromatic carbocycles. The minimum Gasteiger partial charge on any atom is -0.354 e. The Morgan fingerprint density at radius 3 is 2.52 bits per heavy atom. The molecule has 0 aliphatic carbocycles. The summed E-state index contributed by atoms with van der Waals surface area (Å²) >= 11 is 0. The molecule has 23 heavy (non-hydrogen) atoms. The second-order valence-electron chi connectivity index (χ2n) is 5.30. The Morgan fingerprint density at radius 2 is 1.87 bits per heavy atom. The number of hydrogen-bond donors (Lipinski definition) is 1. The zero-order valence-electron chi connectivity index (χ0n) is 12.4. The number of carbonyl (C=O) groups excluding carboxylic acids is 1. The summed E-state index contributed by atoms with van der Waals surface area (Å²) in [4.78, 5) is 14.6. The van der Waals surface area contributed by atoms with Crippen molar-refractivity contribution in [2.24, 2.45) is 0 Å². The first-order valence-corrected chi connectivity index (χ1v) is 7.22. The number of alkyl halides is 3. The molecular weight excluding hydrogens is 303 g/mol. The van der Waals surface area contributed by atoms with E-state index in [-0.39, 0.29) is 0 Å². The molecule has 1 N–H and O–H groups in total. The van der Waals surface area contributed by atoms with Crippen molar-refractivity contribution in [1.82, 2.24) is 4.98 Å². The highest BCUT2D eigenvalue weighted by atomic mass is 19.4. The second kappa shape index (κ2) is 5.57. The SMILES string of the molecule is CCc1cccc2c(C=O)c(-c3cccc(C(F)(F)F)c3)[nH]c12. The molecule has 1 aromatic heterocycles. The van der Waals surface area contributed by atoms with Crippen LogP contribution in [0.15, 0.2) is 42.5 Å². The molecule has 0 fully saturated rings. The van der Waals surface area contributed by atoms with E-state index >= 15 is 0 Å². The fraction of sp³-hybridized carbons (Fsp3) is 0.167. The summed E-state index contributed by atoms with van der Waals surface area (Å²) < 4.78 is 38.7. The van der Waals surface area contributed by atoms with Gasteiger partial charge < -0.3 is 4.98 Å². The molecule has 3 aromatic rings. The molecule has 0 radical (unpaired) electrons. The van der Waals surface area contributed by atoms with Gasteiger partial charge in [-0.25, -0.2) is 0 Å². The maximum Gasteiger partial charge on any atom is 0.416 e. The fourth-order valence-corrected chi connectivity index (χ4v) is 2.79. The zero-order valence-corrected chi connectivity index (χ0v) is 12.4. The smallest absolute Gasteiger partial charge is 0.354 e. The van der Waals surface area contributed by atoms with Crippen LogP contribution in [-0.2, 0) is 12.6 Å². The van der Waals surface area contributed by atoms with Crippen LogP contribution in [0.4, 0.5) is 13.2 Å². The van der Waals surface area contributed by atoms with Crippen molar-refractivity contribution in [3.8, 4) is 11.3 Å². The monoisotopic (exact) mass is 317 g/mol. The van der Waals surface area contributed by atoms with Gasteiger partial charge in [0.2, 0.25) is 0 Å². The molecule has 0 aliphatic rings. The van der Waals surface area contributed by atoms with E-state index < -0.39 is 11.7 Å². The molecule has 0 atom stereocenters. The Labute approximate surface area is 130 Å². The average molecular weight is 317 g/mol. The maximum atomic E-state index is 12.9. The number of aromatic amines is 1. The van der Waals surface area contributed by atoms with E-state index in [1.807, 2.05) is 19.1 Å². The van der Waals surface area contributed by atoms with E-state index in [9.17, 15) is 18.0 Å². The first kappa shape index (κ1) is 15.3. The van der Waals surface area contributed by atoms with Crippen LogP contribution in [0.1, 0.15) is 28.4 Å². The Morgan fingerprint density at radius 1 is 1.13 bits per heavy atom. The van der Waals surface area contributed by atoms with Crippen LogP contribution in [0, 0.1) is 0 Å². The third kappa shape index (κ3) is 2.63. The van der Waals surface area contributed by atoms with Crippen molar-refractivity contribution in [3.63, 3.8) is 0 Å². The topological polar surface area (TPSA) is 32.9 Å². The van der Waals surface area contributed by atoms with Crippen molar-refractivity contribution < 1.29 is 18.0 Å². The van der Waals surface area contributed by atoms with E-state index in [4.69, 9.17) is 0 Å². The quantitative estimate of drug-likeness (QED) is 0.659. The minimum absolute atomic E-state index is 0.347. The molecule has 0 unspecified atom stereocenters. The summed E-state index contributed by atoms with van der Waals surface area (Å²) in [6.45, 7) is 1.99. The highest BCUT2D eigenvalue weighted by Crippen LogP contribution is 2.35. The molecular formula is C18H14F3NO. The van der Waals surface area contributed by atoms with Gasteiger partial charge in [0.1, 0.15) is 0 Å². The fourth-order valence-electron chi connectivity index (χ4n) is 2.79. The third-order valence-electron chi connectivity index (χ3n) is 3.94. The third-order valence-corrected chi connectivity index (χ3v) is 3.94. The number of fused-ring (bicyclic) bond motifs is 1. The summed E-state index contributed by atoms with van der Waals surface area (Å²) in [5.74, 6) is 0. The van der Waals surface area contributed by atoms with E-state index in [0.717, 1.165) is 35.0 Å². The first-order chi connectivity index (χ1) is 11.0. The van der Waals surface area contributed by atoms with Gasteiger partial charge in [0.25, 0.3) is 0 Å². The van der Waals surface area contributed by atoms with E-state index in [2.05, 4.69) is 4.98 Å². The molecule has 0 aliphatic heterocycles. The summed E-state index contributed by atoms with van der Waals surface area (Å²) in [6, 6.07) is 10.6. The lowest BCUT2D eigenvalue weighted by atomic mass is 10.0. The lowest BCUT2D eigenvalue weighted by Gasteiger charge is -2.08. The first-order valence-electron chi connectivity index (χ1n) is 7.22. The minimum atomic E-state index is -4.42. The predicted octanol–water partition coefficient (Wildman–Crippen LogP) is 5.23. The van der Waals surface area contributed by atoms with Crippen molar-refractivity contribution in [2.75, 3.05) is 0 Å². The Bertz CT molecular complexity index is 878. The molecule has 5 heteroatoms. The Hall–Kier alpha value is -2.56. The number of nitrogens with one attached hydrogen (secondary N) is 1. The molecule has 1 heterocycles. The van der Waals surface area contributed by atoms with Gasteiger partial charge in [-0.1, -0.05) is 37.3 Å². The maximum absolute atomic E-state index is 12.9. The number of H-pyrrole nitrogens is 1. The molecule has 0 amide bonds. The summed E-state index contributed by atoms with van der Waals surface area (Å²) in [5, 5.41) is 0.728. The van der Waals surface area contributed by atoms with Gasteiger partial charge in [0.05, 0.1) is 11.3 Å². The Balaban J connectivity index is 2.26. The Kier molecular flexibility index (Phi) is 3.72. The molecule has 2 nitrogen and oxygen atoms in total. The van der Waals surface area contributed by atoms with Gasteiger partial charge in [0, 0.05) is 16.5 Å². The normalized spacial score (nSPS) is 11.8. The summed E-state index contributed by atoms with van der Waals surface area (Å²) in [5.41, 5.74) is 2.23. The number of aldehydes is 1. The van der Waals surface area contributed by atoms with E-state index in [0.29, 0.717) is 23.1 Å². The standard InChI is InChI=1S/C18H14F3NO/c1-2-11-5-4-8-14-15(10-23)17(22-16(11)14)12-6-3-7-13(9-12)18(19,20)21/h3-10,22H,2H2,1H3. The number of halogens is 3. The van der Waals surface area contributed by atoms with Crippen LogP contribution in [0.3, 0.4) is 0 Å². The highest BCUT2D eigenvalue weighted by Gasteiger charge is 2.30. The average Bonchev–Trinajstić information content (AvgIpc) is 2.92. The number of rotatable bonds is 3. The summed E-state index contributed by atoms with van der Waals surface area (Å²) in [7, 11) is 0. The number of aryl methyl sites for hydroxylation is 1. The molecule has 118 valence electrons. The molecule has 3 rings (SSSR count). The van der Waals surface area contributed by atoms with Crippen molar-refractivity contribution in [1.29, 1.82) is 0 Å². The second-order valence-corrected chi connectivity index (χ2v) is 5.30. The molecule has 0 spiro atoms. The summed E-state index contributed by atoms with van der Waals surface area (Å²) in [6.07, 6.45) is -2.97. The van der Waals surface area contributed by atoms with Gasteiger partial charge >= 0.3 is 6.18 Å². The number of benzene rings is 2. The zero-order chi connectivity index (χ0) is 16.6. The van der Waals surface area contributed by atoms with Crippen LogP contribution in [0.25, 0.3) is 22.2 Å². The van der Waals surface area contributed by atoms with Crippen molar-refractivity contribution in [2.45, 2.75) is 19.5 Å². The van der Waals surface area contributed by atoms with Gasteiger partial charge in [-0.2, -0.15) is 13.2 Å². The van der Waals surface area contributed by atoms with Crippen LogP contribution in [0.2, 0.25) is 0 Å². The van der Waals surface area contributed by atoms with Crippen LogP contribution >= 0.6 is 0 Å². The van der Waals surface area contributed by atoms with Crippen molar-refractivity contribution in [3.05, 3.63) is 59.2 Å². The van der Waals surface area contributed by atoms with E-state index in [1.165, 1.54) is 6.07 Å². The highest BCUT2D eigenvalue weighted by molar-refractivity contribution is 6.05. The number of para-hydroxylation sites is 1. The van der Waals surface area contributed by atoms with Crippen molar-refractivity contribution >= 4 is 17.2 Å². The van der Waals surface area contributed by atoms with E-state index in [1.54, 1.807) is 12.1 Å². The predicted molar refractivity (Wildman–Crippen MR) is 83.5 cm³/mol. The van der Waals surface area contributed by atoms with Gasteiger partial charge in [-0.3, -0.25) is 4.79 Å². The van der Waals surface area contributed by atoms with Crippen LogP contribution in [0.5, 0.6) is 0 Å². The molecule has 0 bridgehead atoms. The molecule has 0 saturated carbocycles. The van der Waals surface area contributed by atoms with Crippen LogP contribution in [-0.4, -0.2) is 11.3 Å².